The number of carbonyl (C=O) groups excluding carboxylic acids is 1. The van der Waals surface area contributed by atoms with Gasteiger partial charge in [0.2, 0.25) is 0 Å². The van der Waals surface area contributed by atoms with Crippen molar-refractivity contribution in [1.29, 1.82) is 0 Å². The van der Waals surface area contributed by atoms with Crippen molar-refractivity contribution in [2.75, 3.05) is 46.6 Å². The van der Waals surface area contributed by atoms with E-state index in [4.69, 9.17) is 14.2 Å². The molecular formula is C12H23NO4. The van der Waals surface area contributed by atoms with Crippen molar-refractivity contribution in [3.8, 4) is 0 Å². The Morgan fingerprint density at radius 2 is 2.18 bits per heavy atom. The Hall–Kier alpha value is -0.650. The van der Waals surface area contributed by atoms with Crippen molar-refractivity contribution in [3.63, 3.8) is 0 Å². The summed E-state index contributed by atoms with van der Waals surface area (Å²) in [5.41, 5.74) is 0. The molecule has 0 unspecified atom stereocenters. The molecule has 1 aliphatic rings. The van der Waals surface area contributed by atoms with Crippen LogP contribution >= 0.6 is 0 Å². The first-order valence-electron chi connectivity index (χ1n) is 6.28. The standard InChI is InChI=1S/C12H23NO4/c1-15-6-3-7-16-8-9-17-12(14)11-4-2-5-13-10-11/h11,13H,2-10H2,1H3/t11-/m0/s1. The molecule has 0 saturated carbocycles. The van der Waals surface area contributed by atoms with E-state index in [-0.39, 0.29) is 11.9 Å². The van der Waals surface area contributed by atoms with Gasteiger partial charge in [-0.05, 0) is 25.8 Å². The van der Waals surface area contributed by atoms with E-state index in [1.165, 1.54) is 0 Å². The maximum Gasteiger partial charge on any atom is 0.310 e. The Morgan fingerprint density at radius 1 is 1.29 bits per heavy atom. The summed E-state index contributed by atoms with van der Waals surface area (Å²) in [5, 5.41) is 3.19. The van der Waals surface area contributed by atoms with E-state index in [1.54, 1.807) is 7.11 Å². The molecule has 17 heavy (non-hydrogen) atoms. The highest BCUT2D eigenvalue weighted by Gasteiger charge is 2.21. The van der Waals surface area contributed by atoms with E-state index < -0.39 is 0 Å². The maximum atomic E-state index is 11.6. The fourth-order valence-corrected chi connectivity index (χ4v) is 1.78. The van der Waals surface area contributed by atoms with Gasteiger partial charge in [-0.2, -0.15) is 0 Å². The van der Waals surface area contributed by atoms with Gasteiger partial charge < -0.3 is 19.5 Å². The highest BCUT2D eigenvalue weighted by Crippen LogP contribution is 2.11. The molecule has 1 rings (SSSR count). The van der Waals surface area contributed by atoms with Crippen molar-refractivity contribution in [2.24, 2.45) is 5.92 Å². The van der Waals surface area contributed by atoms with E-state index in [0.717, 1.165) is 32.4 Å². The van der Waals surface area contributed by atoms with Crippen molar-refractivity contribution in [1.82, 2.24) is 5.32 Å². The number of nitrogens with one attached hydrogen (secondary N) is 1. The molecule has 1 fully saturated rings. The summed E-state index contributed by atoms with van der Waals surface area (Å²) in [4.78, 5) is 11.6. The summed E-state index contributed by atoms with van der Waals surface area (Å²) >= 11 is 0. The maximum absolute atomic E-state index is 11.6. The Bertz CT molecular complexity index is 205. The molecular weight excluding hydrogens is 222 g/mol. The second-order valence-corrected chi connectivity index (χ2v) is 4.17. The third kappa shape index (κ3) is 6.61. The average molecular weight is 245 g/mol. The smallest absolute Gasteiger partial charge is 0.310 e. The van der Waals surface area contributed by atoms with Crippen molar-refractivity contribution >= 4 is 5.97 Å². The predicted molar refractivity (Wildman–Crippen MR) is 63.9 cm³/mol. The molecule has 5 heteroatoms. The Morgan fingerprint density at radius 3 is 2.88 bits per heavy atom. The van der Waals surface area contributed by atoms with Crippen molar-refractivity contribution in [2.45, 2.75) is 19.3 Å². The molecule has 100 valence electrons. The molecule has 0 amide bonds. The van der Waals surface area contributed by atoms with Gasteiger partial charge in [-0.1, -0.05) is 0 Å². The van der Waals surface area contributed by atoms with Crippen LogP contribution in [0, 0.1) is 5.92 Å². The molecule has 0 aromatic carbocycles. The molecule has 0 bridgehead atoms. The number of ether oxygens (including phenoxy) is 3. The van der Waals surface area contributed by atoms with E-state index in [0.29, 0.717) is 26.4 Å². The minimum Gasteiger partial charge on any atom is -0.463 e. The molecule has 0 aromatic rings. The molecule has 5 nitrogen and oxygen atoms in total. The van der Waals surface area contributed by atoms with Crippen LogP contribution in [-0.2, 0) is 19.0 Å². The van der Waals surface area contributed by atoms with Crippen LogP contribution in [0.4, 0.5) is 0 Å². The summed E-state index contributed by atoms with van der Waals surface area (Å²) in [7, 11) is 1.67. The van der Waals surface area contributed by atoms with Gasteiger partial charge >= 0.3 is 5.97 Å². The van der Waals surface area contributed by atoms with Gasteiger partial charge in [-0.3, -0.25) is 4.79 Å². The van der Waals surface area contributed by atoms with Crippen LogP contribution in [0.1, 0.15) is 19.3 Å². The summed E-state index contributed by atoms with van der Waals surface area (Å²) in [5.74, 6) is -0.0741. The number of carbonyl (C=O) groups is 1. The second-order valence-electron chi connectivity index (χ2n) is 4.17. The summed E-state index contributed by atoms with van der Waals surface area (Å²) < 4.78 is 15.3. The molecule has 0 aromatic heterocycles. The lowest BCUT2D eigenvalue weighted by Crippen LogP contribution is -2.35. The van der Waals surface area contributed by atoms with Crippen molar-refractivity contribution < 1.29 is 19.0 Å². The Labute approximate surface area is 103 Å². The fourth-order valence-electron chi connectivity index (χ4n) is 1.78. The van der Waals surface area contributed by atoms with Gasteiger partial charge in [0.1, 0.15) is 6.61 Å². The normalized spacial score (nSPS) is 20.2. The highest BCUT2D eigenvalue weighted by atomic mass is 16.6. The lowest BCUT2D eigenvalue weighted by Gasteiger charge is -2.21. The van der Waals surface area contributed by atoms with Gasteiger partial charge in [-0.15, -0.1) is 0 Å². The van der Waals surface area contributed by atoms with Gasteiger partial charge in [-0.25, -0.2) is 0 Å². The van der Waals surface area contributed by atoms with Crippen LogP contribution in [0.25, 0.3) is 0 Å². The molecule has 1 heterocycles. The second kappa shape index (κ2) is 9.39. The number of rotatable bonds is 8. The third-order valence-electron chi connectivity index (χ3n) is 2.74. The van der Waals surface area contributed by atoms with Crippen molar-refractivity contribution in [3.05, 3.63) is 0 Å². The average Bonchev–Trinajstić information content (AvgIpc) is 2.38. The molecule has 1 aliphatic heterocycles. The summed E-state index contributed by atoms with van der Waals surface area (Å²) in [6.07, 6.45) is 2.85. The topological polar surface area (TPSA) is 56.8 Å². The predicted octanol–water partition coefficient (Wildman–Crippen LogP) is 0.582. The van der Waals surface area contributed by atoms with Gasteiger partial charge in [0.15, 0.2) is 0 Å². The first kappa shape index (κ1) is 14.4. The monoisotopic (exact) mass is 245 g/mol. The molecule has 1 atom stereocenters. The lowest BCUT2D eigenvalue weighted by atomic mass is 10.0. The molecule has 0 aliphatic carbocycles. The quantitative estimate of drug-likeness (QED) is 0.501. The van der Waals surface area contributed by atoms with Crippen LogP contribution in [0.15, 0.2) is 0 Å². The number of esters is 1. The highest BCUT2D eigenvalue weighted by molar-refractivity contribution is 5.72. The van der Waals surface area contributed by atoms with Crippen LogP contribution in [0.5, 0.6) is 0 Å². The Balaban J connectivity index is 1.92. The lowest BCUT2D eigenvalue weighted by molar-refractivity contribution is -0.150. The van der Waals surface area contributed by atoms with Gasteiger partial charge in [0.05, 0.1) is 12.5 Å². The number of hydrogen-bond donors (Lipinski definition) is 1. The zero-order valence-electron chi connectivity index (χ0n) is 10.6. The largest absolute Gasteiger partial charge is 0.463 e. The molecule has 0 spiro atoms. The minimum atomic E-state index is -0.0994. The van der Waals surface area contributed by atoms with Gasteiger partial charge in [0, 0.05) is 26.9 Å². The Kier molecular flexibility index (Phi) is 7.96. The van der Waals surface area contributed by atoms with Crippen LogP contribution in [0.2, 0.25) is 0 Å². The van der Waals surface area contributed by atoms with E-state index >= 15 is 0 Å². The SMILES string of the molecule is COCCCOCCOC(=O)[C@H]1CCCNC1. The van der Waals surface area contributed by atoms with Crippen LogP contribution in [0.3, 0.4) is 0 Å². The van der Waals surface area contributed by atoms with Crippen LogP contribution < -0.4 is 5.32 Å². The zero-order valence-corrected chi connectivity index (χ0v) is 10.6. The molecule has 1 N–H and O–H groups in total. The first-order valence-corrected chi connectivity index (χ1v) is 6.28. The minimum absolute atomic E-state index is 0.0252. The fraction of sp³-hybridized carbons (Fsp3) is 0.917. The molecule has 1 saturated heterocycles. The summed E-state index contributed by atoms with van der Waals surface area (Å²) in [6, 6.07) is 0. The third-order valence-corrected chi connectivity index (χ3v) is 2.74. The first-order chi connectivity index (χ1) is 8.34. The van der Waals surface area contributed by atoms with E-state index in [1.807, 2.05) is 0 Å². The number of methoxy groups -OCH3 is 1. The molecule has 0 radical (unpaired) electrons. The number of piperidine rings is 1. The van der Waals surface area contributed by atoms with E-state index in [9.17, 15) is 4.79 Å². The zero-order chi connectivity index (χ0) is 12.3. The van der Waals surface area contributed by atoms with Crippen LogP contribution in [-0.4, -0.2) is 52.6 Å². The summed E-state index contributed by atoms with van der Waals surface area (Å²) in [6.45, 7) is 3.92. The van der Waals surface area contributed by atoms with E-state index in [2.05, 4.69) is 5.32 Å². The van der Waals surface area contributed by atoms with Gasteiger partial charge in [0.25, 0.3) is 0 Å². The number of hydrogen-bond acceptors (Lipinski definition) is 5.